The van der Waals surface area contributed by atoms with Gasteiger partial charge in [0.15, 0.2) is 4.34 Å². The molecule has 4 aromatic rings. The maximum absolute atomic E-state index is 13.6. The number of hydrogen-bond acceptors (Lipinski definition) is 9. The van der Waals surface area contributed by atoms with Gasteiger partial charge in [0.05, 0.1) is 24.8 Å². The number of unbranched alkanes of at least 4 members (excludes halogenated alkanes) is 3. The Morgan fingerprint density at radius 1 is 0.870 bits per heavy atom. The number of rotatable bonds is 15. The Bertz CT molecular complexity index is 1660. The Morgan fingerprint density at radius 2 is 1.50 bits per heavy atom. The zero-order valence-corrected chi connectivity index (χ0v) is 28.2. The van der Waals surface area contributed by atoms with Gasteiger partial charge in [-0.15, -0.1) is 10.2 Å². The Balaban J connectivity index is 1.46. The highest BCUT2D eigenvalue weighted by Gasteiger charge is 2.48. The van der Waals surface area contributed by atoms with E-state index in [2.05, 4.69) is 24.0 Å². The molecule has 1 N–H and O–H groups in total. The van der Waals surface area contributed by atoms with E-state index in [1.165, 1.54) is 28.0 Å². The molecule has 11 heteroatoms. The number of carbonyl (C=O) groups excluding carboxylic acids is 2. The van der Waals surface area contributed by atoms with Crippen LogP contribution in [-0.2, 0) is 15.3 Å². The van der Waals surface area contributed by atoms with Crippen molar-refractivity contribution in [1.82, 2.24) is 10.2 Å². The van der Waals surface area contributed by atoms with E-state index in [0.717, 1.165) is 37.7 Å². The summed E-state index contributed by atoms with van der Waals surface area (Å²) < 4.78 is 12.3. The number of aliphatic hydroxyl groups excluding tert-OH is 1. The molecule has 1 aromatic heterocycles. The molecule has 0 radical (unpaired) electrons. The van der Waals surface area contributed by atoms with Gasteiger partial charge in [-0.2, -0.15) is 0 Å². The van der Waals surface area contributed by atoms with E-state index in [0.29, 0.717) is 51.0 Å². The van der Waals surface area contributed by atoms with Crippen molar-refractivity contribution in [1.29, 1.82) is 0 Å². The Labute approximate surface area is 282 Å². The highest BCUT2D eigenvalue weighted by molar-refractivity contribution is 8.00. The van der Waals surface area contributed by atoms with E-state index in [4.69, 9.17) is 21.1 Å². The number of nitrogens with zero attached hydrogens (tertiary/aromatic N) is 3. The van der Waals surface area contributed by atoms with Crippen LogP contribution in [0.3, 0.4) is 0 Å². The number of ketones is 1. The van der Waals surface area contributed by atoms with Gasteiger partial charge >= 0.3 is 5.91 Å². The first-order valence-electron chi connectivity index (χ1n) is 15.4. The number of Topliss-reactive ketones (excluding diaryl/α,β-unsaturated/α-hetero) is 1. The second kappa shape index (κ2) is 16.1. The molecule has 46 heavy (non-hydrogen) atoms. The number of anilines is 1. The van der Waals surface area contributed by atoms with Crippen LogP contribution in [0.5, 0.6) is 11.5 Å². The smallest absolute Gasteiger partial charge is 0.301 e. The van der Waals surface area contributed by atoms with Gasteiger partial charge in [0, 0.05) is 16.3 Å². The molecule has 1 unspecified atom stereocenters. The molecule has 2 heterocycles. The molecule has 1 fully saturated rings. The highest BCUT2D eigenvalue weighted by atomic mass is 35.5. The summed E-state index contributed by atoms with van der Waals surface area (Å²) in [7, 11) is 0. The Morgan fingerprint density at radius 3 is 2.15 bits per heavy atom. The number of aromatic nitrogens is 2. The summed E-state index contributed by atoms with van der Waals surface area (Å²) in [6.07, 6.45) is 5.08. The minimum atomic E-state index is -0.920. The van der Waals surface area contributed by atoms with Gasteiger partial charge in [-0.1, -0.05) is 92.1 Å². The van der Waals surface area contributed by atoms with Crippen LogP contribution in [0.2, 0.25) is 5.02 Å². The predicted octanol–water partition coefficient (Wildman–Crippen LogP) is 8.86. The number of benzene rings is 3. The third-order valence-electron chi connectivity index (χ3n) is 7.43. The summed E-state index contributed by atoms with van der Waals surface area (Å²) in [6.45, 7) is 5.42. The van der Waals surface area contributed by atoms with Gasteiger partial charge in [-0.05, 0) is 72.5 Å². The number of hydrogen-bond donors (Lipinski definition) is 1. The number of aliphatic hydroxyl groups is 1. The van der Waals surface area contributed by atoms with Crippen LogP contribution >= 0.6 is 34.7 Å². The molecule has 0 saturated carbocycles. The van der Waals surface area contributed by atoms with Gasteiger partial charge in [0.25, 0.3) is 5.78 Å². The predicted molar refractivity (Wildman–Crippen MR) is 184 cm³/mol. The molecular weight excluding hydrogens is 642 g/mol. The zero-order chi connectivity index (χ0) is 32.5. The molecule has 8 nitrogen and oxygen atoms in total. The monoisotopic (exact) mass is 677 g/mol. The molecule has 0 bridgehead atoms. The van der Waals surface area contributed by atoms with E-state index < -0.39 is 17.7 Å². The number of thioether (sulfide) groups is 1. The molecule has 5 rings (SSSR count). The van der Waals surface area contributed by atoms with E-state index in [9.17, 15) is 14.7 Å². The maximum atomic E-state index is 13.6. The van der Waals surface area contributed by atoms with Crippen molar-refractivity contribution >= 4 is 57.3 Å². The lowest BCUT2D eigenvalue weighted by Crippen LogP contribution is -2.29. The SMILES string of the molecule is CCCCCOc1ccc(C2/C(=C(/O)c3ccc(OCCCC)cc3)C(=O)C(=O)N2c2nnc(SCc3ccc(Cl)cc3)s2)cc1. The van der Waals surface area contributed by atoms with Crippen LogP contribution in [-0.4, -0.2) is 40.2 Å². The third-order valence-corrected chi connectivity index (χ3v) is 9.81. The van der Waals surface area contributed by atoms with Crippen molar-refractivity contribution in [3.05, 3.63) is 100 Å². The van der Waals surface area contributed by atoms with E-state index in [1.54, 1.807) is 24.3 Å². The van der Waals surface area contributed by atoms with Crippen molar-refractivity contribution in [3.8, 4) is 11.5 Å². The minimum absolute atomic E-state index is 0.0215. The van der Waals surface area contributed by atoms with Gasteiger partial charge in [-0.3, -0.25) is 14.5 Å². The molecule has 1 aliphatic heterocycles. The van der Waals surface area contributed by atoms with Crippen LogP contribution in [0.25, 0.3) is 5.76 Å². The Kier molecular flexibility index (Phi) is 11.7. The molecule has 1 saturated heterocycles. The number of halogens is 1. The maximum Gasteiger partial charge on any atom is 0.301 e. The lowest BCUT2D eigenvalue weighted by Gasteiger charge is -2.22. The van der Waals surface area contributed by atoms with Gasteiger partial charge in [0.1, 0.15) is 17.3 Å². The van der Waals surface area contributed by atoms with Crippen molar-refractivity contribution in [2.24, 2.45) is 0 Å². The highest BCUT2D eigenvalue weighted by Crippen LogP contribution is 2.44. The van der Waals surface area contributed by atoms with Crippen molar-refractivity contribution in [2.45, 2.75) is 62.1 Å². The molecule has 1 aliphatic rings. The third kappa shape index (κ3) is 8.10. The van der Waals surface area contributed by atoms with Crippen molar-refractivity contribution in [3.63, 3.8) is 0 Å². The minimum Gasteiger partial charge on any atom is -0.507 e. The second-order valence-electron chi connectivity index (χ2n) is 10.8. The molecule has 1 atom stereocenters. The summed E-state index contributed by atoms with van der Waals surface area (Å²) in [5.41, 5.74) is 2.07. The zero-order valence-electron chi connectivity index (χ0n) is 25.8. The van der Waals surface area contributed by atoms with Crippen LogP contribution in [0.4, 0.5) is 5.13 Å². The van der Waals surface area contributed by atoms with E-state index in [1.807, 2.05) is 48.5 Å². The standard InChI is InChI=1S/C35H36ClN3O5S2/c1-3-5-7-21-44-27-16-10-24(11-17-27)30-29(31(40)25-12-18-28(19-13-25)43-20-6-4-2)32(41)33(42)39(30)34-37-38-35(46-34)45-22-23-8-14-26(36)15-9-23/h8-19,30,40H,3-7,20-22H2,1-2H3/b31-29-. The summed E-state index contributed by atoms with van der Waals surface area (Å²) in [4.78, 5) is 28.6. The summed E-state index contributed by atoms with van der Waals surface area (Å²) >= 11 is 8.70. The fourth-order valence-corrected chi connectivity index (χ4v) is 6.87. The van der Waals surface area contributed by atoms with Crippen molar-refractivity contribution < 1.29 is 24.2 Å². The number of carbonyl (C=O) groups is 2. The first-order chi connectivity index (χ1) is 22.4. The van der Waals surface area contributed by atoms with Gasteiger partial charge < -0.3 is 14.6 Å². The normalized spacial score (nSPS) is 15.8. The van der Waals surface area contributed by atoms with E-state index >= 15 is 0 Å². The van der Waals surface area contributed by atoms with Crippen molar-refractivity contribution in [2.75, 3.05) is 18.1 Å². The summed E-state index contributed by atoms with van der Waals surface area (Å²) in [6, 6.07) is 20.7. The van der Waals surface area contributed by atoms with Gasteiger partial charge in [0.2, 0.25) is 5.13 Å². The largest absolute Gasteiger partial charge is 0.507 e. The fourth-order valence-electron chi connectivity index (χ4n) is 4.92. The summed E-state index contributed by atoms with van der Waals surface area (Å²) in [5, 5.41) is 21.1. The molecule has 0 aliphatic carbocycles. The topological polar surface area (TPSA) is 102 Å². The van der Waals surface area contributed by atoms with Crippen LogP contribution in [0.15, 0.2) is 82.7 Å². The quantitative estimate of drug-likeness (QED) is 0.0333. The lowest BCUT2D eigenvalue weighted by molar-refractivity contribution is -0.132. The Hall–Kier alpha value is -3.86. The summed E-state index contributed by atoms with van der Waals surface area (Å²) in [5.74, 6) is 0.132. The lowest BCUT2D eigenvalue weighted by atomic mass is 9.95. The second-order valence-corrected chi connectivity index (χ2v) is 13.4. The molecular formula is C35H36ClN3O5S2. The molecule has 0 spiro atoms. The van der Waals surface area contributed by atoms with Crippen LogP contribution in [0.1, 0.15) is 68.7 Å². The first-order valence-corrected chi connectivity index (χ1v) is 17.5. The van der Waals surface area contributed by atoms with Gasteiger partial charge in [-0.25, -0.2) is 0 Å². The van der Waals surface area contributed by atoms with E-state index in [-0.39, 0.29) is 16.5 Å². The van der Waals surface area contributed by atoms with Crippen LogP contribution in [0, 0.1) is 0 Å². The molecule has 240 valence electrons. The molecule has 3 aromatic carbocycles. The van der Waals surface area contributed by atoms with Crippen LogP contribution < -0.4 is 14.4 Å². The number of amides is 1. The average molecular weight is 678 g/mol. The number of ether oxygens (including phenoxy) is 2. The first kappa shape index (κ1) is 33.5. The average Bonchev–Trinajstić information content (AvgIpc) is 3.65. The molecule has 1 amide bonds. The fraction of sp³-hybridized carbons (Fsp3) is 0.314.